The van der Waals surface area contributed by atoms with Crippen LogP contribution >= 0.6 is 11.3 Å². The molecule has 0 aliphatic carbocycles. The Balaban J connectivity index is 2.45. The molecule has 0 atom stereocenters. The molecule has 0 aromatic carbocycles. The fourth-order valence-corrected chi connectivity index (χ4v) is 1.68. The van der Waals surface area contributed by atoms with Crippen molar-refractivity contribution in [2.45, 2.75) is 6.92 Å². The smallest absolute Gasteiger partial charge is 0.348 e. The summed E-state index contributed by atoms with van der Waals surface area (Å²) in [6.45, 7) is 2.65. The molecular weight excluding hydrogens is 188 g/mol. The number of hydrogen-bond donors (Lipinski definition) is 0. The number of esters is 1. The summed E-state index contributed by atoms with van der Waals surface area (Å²) >= 11 is 1.40. The van der Waals surface area contributed by atoms with Gasteiger partial charge in [0, 0.05) is 7.11 Å². The van der Waals surface area contributed by atoms with Crippen LogP contribution in [0.4, 0.5) is 0 Å². The van der Waals surface area contributed by atoms with Gasteiger partial charge in [0.1, 0.15) is 11.5 Å². The van der Waals surface area contributed by atoms with E-state index in [4.69, 9.17) is 9.47 Å². The summed E-state index contributed by atoms with van der Waals surface area (Å²) in [7, 11) is 1.57. The Morgan fingerprint density at radius 2 is 2.31 bits per heavy atom. The van der Waals surface area contributed by atoms with Crippen LogP contribution in [0.3, 0.4) is 0 Å². The molecule has 0 aliphatic heterocycles. The molecule has 0 spiro atoms. The average Bonchev–Trinajstić information content (AvgIpc) is 2.52. The van der Waals surface area contributed by atoms with Crippen molar-refractivity contribution in [1.82, 2.24) is 0 Å². The van der Waals surface area contributed by atoms with Gasteiger partial charge >= 0.3 is 5.97 Å². The minimum absolute atomic E-state index is 0.260. The molecule has 4 heteroatoms. The number of ether oxygens (including phenoxy) is 2. The Bertz CT molecular complexity index is 280. The third kappa shape index (κ3) is 2.82. The summed E-state index contributed by atoms with van der Waals surface area (Å²) in [5.41, 5.74) is 0.965. The summed E-state index contributed by atoms with van der Waals surface area (Å²) in [5.74, 6) is -0.260. The van der Waals surface area contributed by atoms with Crippen molar-refractivity contribution in [2.24, 2.45) is 0 Å². The highest BCUT2D eigenvalue weighted by atomic mass is 32.1. The first-order valence-corrected chi connectivity index (χ1v) is 4.84. The summed E-state index contributed by atoms with van der Waals surface area (Å²) in [6.07, 6.45) is 0. The molecule has 0 aliphatic rings. The van der Waals surface area contributed by atoms with Crippen molar-refractivity contribution in [3.63, 3.8) is 0 Å². The maximum atomic E-state index is 11.3. The fourth-order valence-electron chi connectivity index (χ4n) is 0.865. The second kappa shape index (κ2) is 4.99. The van der Waals surface area contributed by atoms with Crippen LogP contribution in [-0.4, -0.2) is 26.3 Å². The minimum atomic E-state index is -0.260. The van der Waals surface area contributed by atoms with Gasteiger partial charge in [-0.15, -0.1) is 11.3 Å². The zero-order chi connectivity index (χ0) is 9.68. The predicted octanol–water partition coefficient (Wildman–Crippen LogP) is 1.86. The van der Waals surface area contributed by atoms with E-state index in [2.05, 4.69) is 0 Å². The molecule has 13 heavy (non-hydrogen) atoms. The van der Waals surface area contributed by atoms with Crippen molar-refractivity contribution in [1.29, 1.82) is 0 Å². The second-order valence-corrected chi connectivity index (χ2v) is 3.48. The van der Waals surface area contributed by atoms with E-state index in [1.165, 1.54) is 11.3 Å². The number of hydrogen-bond acceptors (Lipinski definition) is 4. The van der Waals surface area contributed by atoms with Gasteiger partial charge in [-0.1, -0.05) is 0 Å². The molecule has 72 valence electrons. The molecular formula is C9H12O3S. The highest BCUT2D eigenvalue weighted by Gasteiger charge is 2.10. The Morgan fingerprint density at radius 3 is 2.85 bits per heavy atom. The first-order chi connectivity index (χ1) is 6.25. The number of rotatable bonds is 4. The lowest BCUT2D eigenvalue weighted by Gasteiger charge is -2.02. The molecule has 0 N–H and O–H groups in total. The van der Waals surface area contributed by atoms with Gasteiger partial charge in [0.2, 0.25) is 0 Å². The monoisotopic (exact) mass is 200 g/mol. The Labute approximate surface area is 81.3 Å². The molecule has 0 bridgehead atoms. The lowest BCUT2D eigenvalue weighted by atomic mass is 10.3. The number of thiophene rings is 1. The Hall–Kier alpha value is -0.870. The van der Waals surface area contributed by atoms with Gasteiger partial charge in [0.25, 0.3) is 0 Å². The maximum Gasteiger partial charge on any atom is 0.348 e. The van der Waals surface area contributed by atoms with Gasteiger partial charge in [-0.25, -0.2) is 4.79 Å². The van der Waals surface area contributed by atoms with Gasteiger partial charge in [-0.3, -0.25) is 0 Å². The van der Waals surface area contributed by atoms with Gasteiger partial charge in [-0.2, -0.15) is 0 Å². The van der Waals surface area contributed by atoms with E-state index in [1.54, 1.807) is 7.11 Å². The molecule has 0 amide bonds. The van der Waals surface area contributed by atoms with E-state index >= 15 is 0 Å². The van der Waals surface area contributed by atoms with Crippen molar-refractivity contribution in [2.75, 3.05) is 20.3 Å². The molecule has 1 rings (SSSR count). The van der Waals surface area contributed by atoms with E-state index in [9.17, 15) is 4.79 Å². The third-order valence-corrected chi connectivity index (χ3v) is 2.56. The summed E-state index contributed by atoms with van der Waals surface area (Å²) in [6, 6.07) is 1.90. The van der Waals surface area contributed by atoms with E-state index in [0.717, 1.165) is 5.56 Å². The highest BCUT2D eigenvalue weighted by molar-refractivity contribution is 7.12. The SMILES string of the molecule is COCCOC(=O)c1sccc1C. The zero-order valence-corrected chi connectivity index (χ0v) is 8.52. The molecule has 3 nitrogen and oxygen atoms in total. The Morgan fingerprint density at radius 1 is 1.54 bits per heavy atom. The number of aryl methyl sites for hydroxylation is 1. The van der Waals surface area contributed by atoms with Crippen molar-refractivity contribution in [3.8, 4) is 0 Å². The molecule has 0 fully saturated rings. The van der Waals surface area contributed by atoms with Crippen LogP contribution in [-0.2, 0) is 9.47 Å². The standard InChI is InChI=1S/C9H12O3S/c1-7-3-6-13-8(7)9(10)12-5-4-11-2/h3,6H,4-5H2,1-2H3. The van der Waals surface area contributed by atoms with Gasteiger partial charge < -0.3 is 9.47 Å². The summed E-state index contributed by atoms with van der Waals surface area (Å²) < 4.78 is 9.72. The summed E-state index contributed by atoms with van der Waals surface area (Å²) in [5, 5.41) is 1.88. The quantitative estimate of drug-likeness (QED) is 0.549. The second-order valence-electron chi connectivity index (χ2n) is 2.56. The lowest BCUT2D eigenvalue weighted by Crippen LogP contribution is -2.09. The van der Waals surface area contributed by atoms with E-state index in [1.807, 2.05) is 18.4 Å². The number of methoxy groups -OCH3 is 1. The maximum absolute atomic E-state index is 11.3. The Kier molecular flexibility index (Phi) is 3.92. The summed E-state index contributed by atoms with van der Waals surface area (Å²) in [4.78, 5) is 12.0. The molecule has 0 saturated heterocycles. The van der Waals surface area contributed by atoms with Crippen molar-refractivity contribution < 1.29 is 14.3 Å². The first-order valence-electron chi connectivity index (χ1n) is 3.96. The van der Waals surface area contributed by atoms with Crippen LogP contribution in [0.1, 0.15) is 15.2 Å². The highest BCUT2D eigenvalue weighted by Crippen LogP contribution is 2.16. The van der Waals surface area contributed by atoms with Crippen LogP contribution in [0.2, 0.25) is 0 Å². The fraction of sp³-hybridized carbons (Fsp3) is 0.444. The number of carbonyl (C=O) groups excluding carboxylic acids is 1. The van der Waals surface area contributed by atoms with Crippen molar-refractivity contribution in [3.05, 3.63) is 21.9 Å². The molecule has 1 aromatic rings. The zero-order valence-electron chi connectivity index (χ0n) is 7.70. The molecule has 0 radical (unpaired) electrons. The minimum Gasteiger partial charge on any atom is -0.459 e. The lowest BCUT2D eigenvalue weighted by molar-refractivity contribution is 0.0393. The first kappa shape index (κ1) is 10.2. The van der Waals surface area contributed by atoms with Crippen LogP contribution in [0, 0.1) is 6.92 Å². The molecule has 1 heterocycles. The van der Waals surface area contributed by atoms with Crippen LogP contribution in [0.15, 0.2) is 11.4 Å². The average molecular weight is 200 g/mol. The van der Waals surface area contributed by atoms with Crippen LogP contribution in [0.25, 0.3) is 0 Å². The van der Waals surface area contributed by atoms with E-state index in [0.29, 0.717) is 18.1 Å². The molecule has 0 unspecified atom stereocenters. The normalized spacial score (nSPS) is 10.0. The van der Waals surface area contributed by atoms with Gasteiger partial charge in [0.15, 0.2) is 0 Å². The number of carbonyl (C=O) groups is 1. The van der Waals surface area contributed by atoms with E-state index < -0.39 is 0 Å². The molecule has 0 saturated carbocycles. The van der Waals surface area contributed by atoms with Gasteiger partial charge in [0.05, 0.1) is 6.61 Å². The van der Waals surface area contributed by atoms with Crippen molar-refractivity contribution >= 4 is 17.3 Å². The van der Waals surface area contributed by atoms with Gasteiger partial charge in [-0.05, 0) is 23.9 Å². The molecule has 1 aromatic heterocycles. The largest absolute Gasteiger partial charge is 0.459 e. The predicted molar refractivity (Wildman–Crippen MR) is 51.2 cm³/mol. The van der Waals surface area contributed by atoms with E-state index in [-0.39, 0.29) is 5.97 Å². The van der Waals surface area contributed by atoms with Crippen LogP contribution in [0.5, 0.6) is 0 Å². The topological polar surface area (TPSA) is 35.5 Å². The third-order valence-electron chi connectivity index (χ3n) is 1.57. The van der Waals surface area contributed by atoms with Crippen LogP contribution < -0.4 is 0 Å².